The number of thiophene rings is 1. The Balaban J connectivity index is 1.26. The third-order valence-corrected chi connectivity index (χ3v) is 7.21. The van der Waals surface area contributed by atoms with E-state index in [0.717, 1.165) is 30.4 Å². The van der Waals surface area contributed by atoms with Crippen LogP contribution in [0.15, 0.2) is 36.4 Å². The molecule has 3 atom stereocenters. The lowest BCUT2D eigenvalue weighted by molar-refractivity contribution is -0.144. The van der Waals surface area contributed by atoms with Gasteiger partial charge in [-0.1, -0.05) is 35.9 Å². The molecule has 8 heteroatoms. The summed E-state index contributed by atoms with van der Waals surface area (Å²) in [6.07, 6.45) is 3.36. The van der Waals surface area contributed by atoms with Crippen LogP contribution in [0, 0.1) is 11.8 Å². The van der Waals surface area contributed by atoms with E-state index in [1.807, 2.05) is 24.3 Å². The number of ketones is 1. The summed E-state index contributed by atoms with van der Waals surface area (Å²) in [6, 6.07) is 11.5. The van der Waals surface area contributed by atoms with Gasteiger partial charge in [0, 0.05) is 12.5 Å². The summed E-state index contributed by atoms with van der Waals surface area (Å²) in [6.45, 7) is 1.16. The van der Waals surface area contributed by atoms with Gasteiger partial charge in [-0.25, -0.2) is 0 Å². The van der Waals surface area contributed by atoms with Crippen molar-refractivity contribution < 1.29 is 23.9 Å². The van der Waals surface area contributed by atoms with Crippen molar-refractivity contribution in [1.29, 1.82) is 0 Å². The van der Waals surface area contributed by atoms with Crippen LogP contribution in [0.5, 0.6) is 0 Å². The first-order valence-electron chi connectivity index (χ1n) is 10.9. The topological polar surface area (TPSA) is 81.7 Å². The monoisotopic (exact) mass is 475 g/mol. The Morgan fingerprint density at radius 2 is 1.78 bits per heavy atom. The van der Waals surface area contributed by atoms with Crippen molar-refractivity contribution in [2.45, 2.75) is 38.2 Å². The Hall–Kier alpha value is -2.22. The number of hydrogen-bond acceptors (Lipinski definition) is 6. The number of carbonyl (C=O) groups excluding carboxylic acids is 3. The second-order valence-corrected chi connectivity index (χ2v) is 10.1. The van der Waals surface area contributed by atoms with Crippen LogP contribution in [0.4, 0.5) is 0 Å². The largest absolute Gasteiger partial charge is 0.460 e. The van der Waals surface area contributed by atoms with Gasteiger partial charge in [0.2, 0.25) is 0 Å². The van der Waals surface area contributed by atoms with Crippen LogP contribution in [0.25, 0.3) is 0 Å². The minimum Gasteiger partial charge on any atom is -0.460 e. The third-order valence-electron chi connectivity index (χ3n) is 5.98. The molecule has 0 spiro atoms. The molecule has 2 fully saturated rings. The quantitative estimate of drug-likeness (QED) is 0.615. The molecule has 1 amide bonds. The lowest BCUT2D eigenvalue weighted by atomic mass is 9.90. The Kier molecular flexibility index (Phi) is 7.60. The van der Waals surface area contributed by atoms with Gasteiger partial charge >= 0.3 is 5.97 Å². The van der Waals surface area contributed by atoms with Crippen LogP contribution >= 0.6 is 22.9 Å². The fourth-order valence-corrected chi connectivity index (χ4v) is 5.18. The average Bonchev–Trinajstić information content (AvgIpc) is 3.30. The van der Waals surface area contributed by atoms with Crippen molar-refractivity contribution in [2.24, 2.45) is 11.8 Å². The summed E-state index contributed by atoms with van der Waals surface area (Å²) < 4.78 is 11.3. The van der Waals surface area contributed by atoms with Crippen molar-refractivity contribution in [3.63, 3.8) is 0 Å². The molecule has 1 aromatic heterocycles. The predicted octanol–water partition coefficient (Wildman–Crippen LogP) is 3.84. The Morgan fingerprint density at radius 3 is 2.47 bits per heavy atom. The van der Waals surface area contributed by atoms with E-state index in [2.05, 4.69) is 5.32 Å². The van der Waals surface area contributed by atoms with Crippen molar-refractivity contribution in [2.75, 3.05) is 19.8 Å². The minimum atomic E-state index is -0.324. The number of rotatable bonds is 7. The summed E-state index contributed by atoms with van der Waals surface area (Å²) in [5.74, 6) is -0.457. The van der Waals surface area contributed by atoms with Gasteiger partial charge < -0.3 is 14.8 Å². The SMILES string of the molecule is O=C(NCC1CC(Cc2ccc(CC3CCCOCC3=O)cc2)C(=O)O1)c1ccc(Cl)s1. The number of esters is 1. The molecule has 4 rings (SSSR count). The molecule has 1 aromatic carbocycles. The number of Topliss-reactive ketones (excluding diaryl/α,β-unsaturated/α-hetero) is 1. The van der Waals surface area contributed by atoms with Gasteiger partial charge in [0.05, 0.1) is 21.7 Å². The van der Waals surface area contributed by atoms with E-state index in [0.29, 0.717) is 28.7 Å². The predicted molar refractivity (Wildman–Crippen MR) is 122 cm³/mol. The molecule has 0 saturated carbocycles. The van der Waals surface area contributed by atoms with Crippen LogP contribution in [0.1, 0.15) is 40.1 Å². The Bertz CT molecular complexity index is 973. The number of benzene rings is 1. The van der Waals surface area contributed by atoms with Crippen LogP contribution < -0.4 is 5.32 Å². The second kappa shape index (κ2) is 10.6. The van der Waals surface area contributed by atoms with Crippen molar-refractivity contribution >= 4 is 40.6 Å². The van der Waals surface area contributed by atoms with E-state index in [1.54, 1.807) is 12.1 Å². The highest BCUT2D eigenvalue weighted by Gasteiger charge is 2.34. The maximum absolute atomic E-state index is 12.3. The molecule has 6 nitrogen and oxygen atoms in total. The van der Waals surface area contributed by atoms with Gasteiger partial charge in [0.1, 0.15) is 12.7 Å². The van der Waals surface area contributed by atoms with Gasteiger partial charge in [-0.2, -0.15) is 0 Å². The second-order valence-electron chi connectivity index (χ2n) is 8.39. The van der Waals surface area contributed by atoms with E-state index in [4.69, 9.17) is 21.1 Å². The Morgan fingerprint density at radius 1 is 1.06 bits per heavy atom. The summed E-state index contributed by atoms with van der Waals surface area (Å²) in [4.78, 5) is 37.1. The number of amides is 1. The fourth-order valence-electron chi connectivity index (χ4n) is 4.22. The van der Waals surface area contributed by atoms with Crippen LogP contribution in [0.3, 0.4) is 0 Å². The highest BCUT2D eigenvalue weighted by Crippen LogP contribution is 2.26. The summed E-state index contributed by atoms with van der Waals surface area (Å²) in [7, 11) is 0. The standard InChI is InChI=1S/C24H26ClNO5S/c25-22-8-7-21(32-22)23(28)26-13-19-12-18(24(29)31-19)11-16-5-3-15(4-6-16)10-17-2-1-9-30-14-20(17)27/h3-8,17-19H,1-2,9-14H2,(H,26,28). The molecule has 0 bridgehead atoms. The Labute approximate surface area is 196 Å². The molecular weight excluding hydrogens is 450 g/mol. The molecule has 3 unspecified atom stereocenters. The lowest BCUT2D eigenvalue weighted by Crippen LogP contribution is -2.31. The molecule has 2 saturated heterocycles. The van der Waals surface area contributed by atoms with E-state index < -0.39 is 0 Å². The number of ether oxygens (including phenoxy) is 2. The van der Waals surface area contributed by atoms with E-state index in [9.17, 15) is 14.4 Å². The molecule has 170 valence electrons. The molecule has 2 aromatic rings. The first-order valence-corrected chi connectivity index (χ1v) is 12.1. The maximum atomic E-state index is 12.3. The normalized spacial score (nSPS) is 23.6. The highest BCUT2D eigenvalue weighted by molar-refractivity contribution is 7.18. The molecule has 0 aliphatic carbocycles. The number of carbonyl (C=O) groups is 3. The molecule has 1 N–H and O–H groups in total. The van der Waals surface area contributed by atoms with Gasteiger partial charge in [0.25, 0.3) is 5.91 Å². The number of nitrogens with one attached hydrogen (secondary N) is 1. The molecular formula is C24H26ClNO5S. The van der Waals surface area contributed by atoms with Gasteiger partial charge in [-0.15, -0.1) is 11.3 Å². The van der Waals surface area contributed by atoms with Crippen molar-refractivity contribution in [3.8, 4) is 0 Å². The van der Waals surface area contributed by atoms with Crippen LogP contribution in [0.2, 0.25) is 4.34 Å². The van der Waals surface area contributed by atoms with Gasteiger partial charge in [-0.05, 0) is 55.4 Å². The summed E-state index contributed by atoms with van der Waals surface area (Å²) in [5.41, 5.74) is 2.18. The third kappa shape index (κ3) is 5.97. The molecule has 2 aliphatic heterocycles. The van der Waals surface area contributed by atoms with Crippen molar-refractivity contribution in [1.82, 2.24) is 5.32 Å². The summed E-state index contributed by atoms with van der Waals surface area (Å²) >= 11 is 7.08. The molecule has 2 aliphatic rings. The zero-order chi connectivity index (χ0) is 22.5. The number of hydrogen-bond donors (Lipinski definition) is 1. The highest BCUT2D eigenvalue weighted by atomic mass is 35.5. The van der Waals surface area contributed by atoms with Gasteiger partial charge in [0.15, 0.2) is 5.78 Å². The minimum absolute atomic E-state index is 0.0225. The summed E-state index contributed by atoms with van der Waals surface area (Å²) in [5, 5.41) is 2.81. The van der Waals surface area contributed by atoms with E-state index >= 15 is 0 Å². The zero-order valence-electron chi connectivity index (χ0n) is 17.7. The smallest absolute Gasteiger partial charge is 0.309 e. The molecule has 0 radical (unpaired) electrons. The van der Waals surface area contributed by atoms with Crippen LogP contribution in [-0.4, -0.2) is 43.5 Å². The maximum Gasteiger partial charge on any atom is 0.309 e. The lowest BCUT2D eigenvalue weighted by Gasteiger charge is -2.13. The number of halogens is 1. The van der Waals surface area contributed by atoms with Gasteiger partial charge in [-0.3, -0.25) is 14.4 Å². The number of cyclic esters (lactones) is 1. The van der Waals surface area contributed by atoms with E-state index in [-0.39, 0.29) is 48.8 Å². The molecule has 32 heavy (non-hydrogen) atoms. The van der Waals surface area contributed by atoms with Crippen LogP contribution in [-0.2, 0) is 31.9 Å². The zero-order valence-corrected chi connectivity index (χ0v) is 19.3. The average molecular weight is 476 g/mol. The first kappa shape index (κ1) is 23.0. The van der Waals surface area contributed by atoms with Crippen molar-refractivity contribution in [3.05, 3.63) is 56.7 Å². The van der Waals surface area contributed by atoms with E-state index in [1.165, 1.54) is 11.3 Å². The first-order chi connectivity index (χ1) is 15.5. The fraction of sp³-hybridized carbons (Fsp3) is 0.458. The molecule has 3 heterocycles.